The van der Waals surface area contributed by atoms with Crippen LogP contribution in [0.15, 0.2) is 126 Å². The number of aromatic nitrogens is 3. The molecule has 0 amide bonds. The molecule has 221 valence electrons. The minimum atomic E-state index is -2.33. The van der Waals surface area contributed by atoms with Gasteiger partial charge < -0.3 is 14.4 Å². The van der Waals surface area contributed by atoms with Gasteiger partial charge in [0.2, 0.25) is 5.71 Å². The Balaban J connectivity index is 0.000000246. The van der Waals surface area contributed by atoms with Gasteiger partial charge in [-0.2, -0.15) is 0 Å². The van der Waals surface area contributed by atoms with E-state index in [1.54, 1.807) is 48.7 Å². The zero-order valence-electron chi connectivity index (χ0n) is 32.6. The Morgan fingerprint density at radius 3 is 2.36 bits per heavy atom. The van der Waals surface area contributed by atoms with Gasteiger partial charge in [0.15, 0.2) is 0 Å². The van der Waals surface area contributed by atoms with Crippen LogP contribution in [0.5, 0.6) is 0 Å². The predicted octanol–water partition coefficient (Wildman–Crippen LogP) is 10.1. The molecule has 0 N–H and O–H groups in total. The molecule has 0 spiro atoms. The summed E-state index contributed by atoms with van der Waals surface area (Å²) in [7, 11) is 0. The first-order valence-electron chi connectivity index (χ1n) is 18.3. The molecule has 0 bridgehead atoms. The maximum absolute atomic E-state index is 7.65. The van der Waals surface area contributed by atoms with Crippen LogP contribution >= 0.6 is 0 Å². The van der Waals surface area contributed by atoms with Gasteiger partial charge in [-0.3, -0.25) is 0 Å². The molecule has 4 aromatic heterocycles. The molecular formula is C40H29IrN3O-2. The maximum atomic E-state index is 7.65. The molecule has 8 rings (SSSR count). The van der Waals surface area contributed by atoms with E-state index in [2.05, 4.69) is 27.1 Å². The molecule has 0 aliphatic rings. The molecule has 0 atom stereocenters. The van der Waals surface area contributed by atoms with E-state index in [1.807, 2.05) is 60.7 Å². The second-order valence-electron chi connectivity index (χ2n) is 10.2. The van der Waals surface area contributed by atoms with Gasteiger partial charge >= 0.3 is 0 Å². The summed E-state index contributed by atoms with van der Waals surface area (Å²) in [5.41, 5.74) is 6.11. The van der Waals surface area contributed by atoms with E-state index in [0.29, 0.717) is 22.4 Å². The third-order valence-corrected chi connectivity index (χ3v) is 7.24. The topological polar surface area (TPSA) is 51.8 Å². The molecule has 5 heteroatoms. The summed E-state index contributed by atoms with van der Waals surface area (Å²) in [6, 6.07) is 38.8. The van der Waals surface area contributed by atoms with Crippen LogP contribution in [0.3, 0.4) is 0 Å². The van der Waals surface area contributed by atoms with Crippen LogP contribution in [0, 0.1) is 32.7 Å². The predicted molar refractivity (Wildman–Crippen MR) is 179 cm³/mol. The second-order valence-corrected chi connectivity index (χ2v) is 10.2. The minimum absolute atomic E-state index is 0. The number of fused-ring (bicyclic) bond motifs is 4. The first-order chi connectivity index (χ1) is 25.1. The van der Waals surface area contributed by atoms with Crippen molar-refractivity contribution in [3.63, 3.8) is 0 Å². The van der Waals surface area contributed by atoms with E-state index < -0.39 is 20.6 Å². The number of rotatable bonds is 3. The Morgan fingerprint density at radius 1 is 0.667 bits per heavy atom. The van der Waals surface area contributed by atoms with Crippen molar-refractivity contribution in [2.24, 2.45) is 0 Å². The zero-order valence-corrected chi connectivity index (χ0v) is 26.0. The summed E-state index contributed by atoms with van der Waals surface area (Å²) in [4.78, 5) is 12.9. The summed E-state index contributed by atoms with van der Waals surface area (Å²) in [6.45, 7) is -6.57. The summed E-state index contributed by atoms with van der Waals surface area (Å²) in [5.74, 6) is 0. The van der Waals surface area contributed by atoms with Crippen LogP contribution in [-0.2, 0) is 20.1 Å². The van der Waals surface area contributed by atoms with E-state index in [4.69, 9.17) is 16.8 Å². The monoisotopic (exact) mass is 769 g/mol. The molecule has 0 saturated carbocycles. The van der Waals surface area contributed by atoms with Crippen LogP contribution in [0.2, 0.25) is 0 Å². The van der Waals surface area contributed by atoms with Crippen molar-refractivity contribution in [2.45, 2.75) is 20.6 Å². The van der Waals surface area contributed by atoms with Gasteiger partial charge in [0, 0.05) is 55.9 Å². The summed E-state index contributed by atoms with van der Waals surface area (Å²) in [6.07, 6.45) is 3.11. The average Bonchev–Trinajstić information content (AvgIpc) is 3.52. The SMILES string of the molecule is [2H]C([2H])([2H])c1ccc(-c2[c-]cccc2)nc1.[2H]C([2H])([2H])c1ccc2cc(-c3ccnc(-c4[c-]ccc5c4oc4nc(C([2H])([2H])[2H])ccc45)c3)ccc2c1.[Ir]. The molecule has 4 aromatic carbocycles. The molecule has 1 radical (unpaired) electrons. The number of pyridine rings is 3. The van der Waals surface area contributed by atoms with E-state index in [1.165, 1.54) is 12.3 Å². The van der Waals surface area contributed by atoms with E-state index in [-0.39, 0.29) is 37.1 Å². The minimum Gasteiger partial charge on any atom is -0.486 e. The van der Waals surface area contributed by atoms with Crippen molar-refractivity contribution in [3.05, 3.63) is 151 Å². The van der Waals surface area contributed by atoms with Gasteiger partial charge in [-0.25, -0.2) is 4.98 Å². The van der Waals surface area contributed by atoms with Crippen LogP contribution in [0.25, 0.3) is 66.5 Å². The van der Waals surface area contributed by atoms with Crippen molar-refractivity contribution in [1.29, 1.82) is 0 Å². The summed E-state index contributed by atoms with van der Waals surface area (Å²) >= 11 is 0. The number of benzene rings is 4. The normalized spacial score (nSPS) is 14.6. The maximum Gasteiger partial charge on any atom is 0.216 e. The number of hydrogen-bond donors (Lipinski definition) is 0. The Morgan fingerprint density at radius 2 is 1.53 bits per heavy atom. The molecule has 8 aromatic rings. The van der Waals surface area contributed by atoms with E-state index >= 15 is 0 Å². The van der Waals surface area contributed by atoms with E-state index in [0.717, 1.165) is 43.9 Å². The quantitative estimate of drug-likeness (QED) is 0.168. The Kier molecular flexibility index (Phi) is 6.01. The molecule has 0 saturated heterocycles. The molecule has 4 heterocycles. The third-order valence-electron chi connectivity index (χ3n) is 7.24. The van der Waals surface area contributed by atoms with Gasteiger partial charge in [0.05, 0.1) is 5.58 Å². The van der Waals surface area contributed by atoms with Crippen molar-refractivity contribution < 1.29 is 36.9 Å². The second kappa shape index (κ2) is 13.0. The van der Waals surface area contributed by atoms with Gasteiger partial charge in [-0.05, 0) is 83.7 Å². The summed E-state index contributed by atoms with van der Waals surface area (Å²) in [5, 5.41) is 3.32. The standard InChI is InChI=1S/C28H19N2O.C12H10N.Ir/c1-17-6-8-20-15-21(10-9-19(20)14-17)22-12-13-29-26(16-22)25-5-3-4-23-24-11-7-18(2)30-28(24)31-27(23)25;1-10-7-8-12(13-9-10)11-5-3-2-4-6-11;/h3-4,6-16H,1-2H3;2-5,7-9H,1H3;/q2*-1;/i1D3,2D3;1D3;. The Bertz CT molecular complexity index is 2580. The Hall–Kier alpha value is -4.96. The molecule has 0 aliphatic heterocycles. The van der Waals surface area contributed by atoms with Gasteiger partial charge in [0.25, 0.3) is 0 Å². The fourth-order valence-corrected chi connectivity index (χ4v) is 5.09. The fourth-order valence-electron chi connectivity index (χ4n) is 5.09. The summed E-state index contributed by atoms with van der Waals surface area (Å²) < 4.78 is 73.6. The van der Waals surface area contributed by atoms with Gasteiger partial charge in [-0.1, -0.05) is 65.0 Å². The molecule has 0 fully saturated rings. The molecular weight excluding hydrogens is 731 g/mol. The first kappa shape index (κ1) is 20.9. The molecule has 0 aliphatic carbocycles. The van der Waals surface area contributed by atoms with E-state index in [9.17, 15) is 0 Å². The largest absolute Gasteiger partial charge is 0.486 e. The Labute approximate surface area is 288 Å². The van der Waals surface area contributed by atoms with Crippen LogP contribution < -0.4 is 0 Å². The number of hydrogen-bond acceptors (Lipinski definition) is 4. The van der Waals surface area contributed by atoms with Crippen molar-refractivity contribution in [2.75, 3.05) is 0 Å². The van der Waals surface area contributed by atoms with Gasteiger partial charge in [-0.15, -0.1) is 54.1 Å². The van der Waals surface area contributed by atoms with Crippen LogP contribution in [0.4, 0.5) is 0 Å². The first-order valence-corrected chi connectivity index (χ1v) is 13.8. The number of aryl methyl sites for hydroxylation is 3. The fraction of sp³-hybridized carbons (Fsp3) is 0.0750. The smallest absolute Gasteiger partial charge is 0.216 e. The number of furan rings is 1. The molecule has 0 unspecified atom stereocenters. The van der Waals surface area contributed by atoms with Gasteiger partial charge in [0.1, 0.15) is 0 Å². The van der Waals surface area contributed by atoms with Crippen molar-refractivity contribution >= 4 is 32.8 Å². The van der Waals surface area contributed by atoms with Crippen LogP contribution in [-0.4, -0.2) is 15.0 Å². The van der Waals surface area contributed by atoms with Crippen molar-refractivity contribution in [1.82, 2.24) is 15.0 Å². The molecule has 45 heavy (non-hydrogen) atoms. The van der Waals surface area contributed by atoms with Crippen LogP contribution in [0.1, 0.15) is 29.2 Å². The number of nitrogens with zero attached hydrogens (tertiary/aromatic N) is 3. The molecule has 4 nitrogen and oxygen atoms in total. The zero-order chi connectivity index (χ0) is 37.5. The third kappa shape index (κ3) is 6.32. The van der Waals surface area contributed by atoms with Crippen molar-refractivity contribution in [3.8, 4) is 33.6 Å². The average molecular weight is 769 g/mol.